The van der Waals surface area contributed by atoms with Crippen LogP contribution in [0.4, 0.5) is 10.5 Å². The van der Waals surface area contributed by atoms with Crippen LogP contribution in [0.1, 0.15) is 44.7 Å². The summed E-state index contributed by atoms with van der Waals surface area (Å²) in [6, 6.07) is 8.80. The minimum Gasteiger partial charge on any atom is -0.322 e. The molecule has 0 radical (unpaired) electrons. The van der Waals surface area contributed by atoms with Crippen molar-refractivity contribution in [3.63, 3.8) is 0 Å². The number of carbonyl (C=O) groups is 1. The lowest BCUT2D eigenvalue weighted by Crippen LogP contribution is -2.37. The predicted octanol–water partition coefficient (Wildman–Crippen LogP) is 3.37. The molecule has 4 nitrogen and oxygen atoms in total. The number of hydrogen-bond donors (Lipinski definition) is 2. The Bertz CT molecular complexity index is 457. The molecule has 1 aliphatic carbocycles. The summed E-state index contributed by atoms with van der Waals surface area (Å²) in [5.41, 5.74) is 2.05. The lowest BCUT2D eigenvalue weighted by Gasteiger charge is -2.22. The maximum atomic E-state index is 12.3. The van der Waals surface area contributed by atoms with Crippen LogP contribution in [0.2, 0.25) is 0 Å². The van der Waals surface area contributed by atoms with E-state index in [2.05, 4.69) is 30.5 Å². The number of anilines is 1. The summed E-state index contributed by atoms with van der Waals surface area (Å²) in [7, 11) is 1.94. The normalized spacial score (nSPS) is 15.8. The molecule has 0 aromatic heterocycles. The van der Waals surface area contributed by atoms with Crippen LogP contribution >= 0.6 is 0 Å². The Morgan fingerprint density at radius 1 is 1.45 bits per heavy atom. The Hall–Kier alpha value is -1.55. The van der Waals surface area contributed by atoms with Crippen LogP contribution in [-0.4, -0.2) is 30.6 Å². The van der Waals surface area contributed by atoms with E-state index in [0.29, 0.717) is 6.04 Å². The molecule has 110 valence electrons. The highest BCUT2D eigenvalue weighted by Gasteiger charge is 2.31. The minimum absolute atomic E-state index is 0.0311. The second-order valence-corrected chi connectivity index (χ2v) is 5.49. The van der Waals surface area contributed by atoms with Crippen LogP contribution in [0.5, 0.6) is 0 Å². The van der Waals surface area contributed by atoms with Gasteiger partial charge in [-0.25, -0.2) is 4.79 Å². The van der Waals surface area contributed by atoms with Crippen molar-refractivity contribution in [2.45, 2.75) is 45.2 Å². The Morgan fingerprint density at radius 3 is 2.80 bits per heavy atom. The summed E-state index contributed by atoms with van der Waals surface area (Å²) in [5, 5.41) is 6.24. The molecule has 2 amide bonds. The van der Waals surface area contributed by atoms with Gasteiger partial charge in [0, 0.05) is 24.3 Å². The number of rotatable bonds is 6. The first-order valence-corrected chi connectivity index (χ1v) is 7.50. The molecule has 20 heavy (non-hydrogen) atoms. The third-order valence-electron chi connectivity index (χ3n) is 3.78. The summed E-state index contributed by atoms with van der Waals surface area (Å²) in [6.45, 7) is 5.05. The third kappa shape index (κ3) is 3.73. The van der Waals surface area contributed by atoms with Crippen molar-refractivity contribution in [2.75, 3.05) is 18.9 Å². The first kappa shape index (κ1) is 14.9. The summed E-state index contributed by atoms with van der Waals surface area (Å²) >= 11 is 0. The van der Waals surface area contributed by atoms with E-state index in [1.54, 1.807) is 0 Å². The zero-order valence-corrected chi connectivity index (χ0v) is 12.6. The quantitative estimate of drug-likeness (QED) is 0.836. The highest BCUT2D eigenvalue weighted by Crippen LogP contribution is 2.27. The molecule has 0 saturated heterocycles. The van der Waals surface area contributed by atoms with Gasteiger partial charge in [0.1, 0.15) is 0 Å². The first-order chi connectivity index (χ1) is 9.65. The van der Waals surface area contributed by atoms with Gasteiger partial charge in [0.05, 0.1) is 0 Å². The fourth-order valence-electron chi connectivity index (χ4n) is 2.32. The van der Waals surface area contributed by atoms with Crippen LogP contribution in [0, 0.1) is 0 Å². The fraction of sp³-hybridized carbons (Fsp3) is 0.562. The Morgan fingerprint density at radius 2 is 2.20 bits per heavy atom. The van der Waals surface area contributed by atoms with Crippen molar-refractivity contribution in [1.29, 1.82) is 0 Å². The molecule has 0 bridgehead atoms. The summed E-state index contributed by atoms with van der Waals surface area (Å²) in [6.07, 6.45) is 3.29. The van der Waals surface area contributed by atoms with Crippen molar-refractivity contribution in [3.05, 3.63) is 29.8 Å². The molecule has 1 unspecified atom stereocenters. The van der Waals surface area contributed by atoms with Gasteiger partial charge >= 0.3 is 6.03 Å². The van der Waals surface area contributed by atoms with Crippen LogP contribution in [0.3, 0.4) is 0 Å². The molecule has 1 aromatic carbocycles. The van der Waals surface area contributed by atoms with E-state index in [1.165, 1.54) is 5.56 Å². The summed E-state index contributed by atoms with van der Waals surface area (Å²) in [5.74, 6) is 0. The molecular formula is C16H25N3O. The maximum Gasteiger partial charge on any atom is 0.322 e. The molecule has 2 rings (SSSR count). The van der Waals surface area contributed by atoms with Gasteiger partial charge in [-0.1, -0.05) is 19.1 Å². The van der Waals surface area contributed by atoms with Crippen molar-refractivity contribution < 1.29 is 4.79 Å². The van der Waals surface area contributed by atoms with Crippen LogP contribution in [0.25, 0.3) is 0 Å². The lowest BCUT2D eigenvalue weighted by atomic mass is 10.1. The topological polar surface area (TPSA) is 44.4 Å². The number of benzene rings is 1. The van der Waals surface area contributed by atoms with Gasteiger partial charge in [0.25, 0.3) is 0 Å². The van der Waals surface area contributed by atoms with E-state index in [-0.39, 0.29) is 12.1 Å². The standard InChI is InChI=1S/C16H25N3O/c1-4-10-19(15-8-9-15)16(20)18-14-7-5-6-13(11-14)12(2)17-3/h5-7,11-12,15,17H,4,8-10H2,1-3H3,(H,18,20). The van der Waals surface area contributed by atoms with Gasteiger partial charge in [0.2, 0.25) is 0 Å². The molecule has 2 N–H and O–H groups in total. The summed E-state index contributed by atoms with van der Waals surface area (Å²) < 4.78 is 0. The smallest absolute Gasteiger partial charge is 0.322 e. The maximum absolute atomic E-state index is 12.3. The zero-order valence-electron chi connectivity index (χ0n) is 12.6. The van der Waals surface area contributed by atoms with Crippen molar-refractivity contribution >= 4 is 11.7 Å². The number of urea groups is 1. The second-order valence-electron chi connectivity index (χ2n) is 5.49. The van der Waals surface area contributed by atoms with E-state index in [4.69, 9.17) is 0 Å². The van der Waals surface area contributed by atoms with E-state index in [9.17, 15) is 4.79 Å². The van der Waals surface area contributed by atoms with Crippen LogP contribution in [-0.2, 0) is 0 Å². The lowest BCUT2D eigenvalue weighted by molar-refractivity contribution is 0.209. The third-order valence-corrected chi connectivity index (χ3v) is 3.78. The van der Waals surface area contributed by atoms with E-state index in [1.807, 2.05) is 30.1 Å². The molecule has 0 spiro atoms. The van der Waals surface area contributed by atoms with E-state index >= 15 is 0 Å². The van der Waals surface area contributed by atoms with Gasteiger partial charge in [-0.05, 0) is 50.9 Å². The summed E-state index contributed by atoms with van der Waals surface area (Å²) in [4.78, 5) is 14.3. The zero-order chi connectivity index (χ0) is 14.5. The molecule has 0 heterocycles. The Labute approximate surface area is 121 Å². The first-order valence-electron chi connectivity index (χ1n) is 7.50. The van der Waals surface area contributed by atoms with Gasteiger partial charge in [-0.2, -0.15) is 0 Å². The number of nitrogens with zero attached hydrogens (tertiary/aromatic N) is 1. The average molecular weight is 275 g/mol. The Kier molecular flexibility index (Phi) is 5.01. The van der Waals surface area contributed by atoms with E-state index < -0.39 is 0 Å². The predicted molar refractivity (Wildman–Crippen MR) is 83.0 cm³/mol. The average Bonchev–Trinajstić information content (AvgIpc) is 3.28. The molecule has 1 aliphatic rings. The van der Waals surface area contributed by atoms with Crippen LogP contribution < -0.4 is 10.6 Å². The highest BCUT2D eigenvalue weighted by atomic mass is 16.2. The SMILES string of the molecule is CCCN(C(=O)Nc1cccc(C(C)NC)c1)C1CC1. The fourth-order valence-corrected chi connectivity index (χ4v) is 2.32. The minimum atomic E-state index is 0.0311. The molecular weight excluding hydrogens is 250 g/mol. The van der Waals surface area contributed by atoms with Gasteiger partial charge in [0.15, 0.2) is 0 Å². The van der Waals surface area contributed by atoms with Gasteiger partial charge < -0.3 is 15.5 Å². The number of amides is 2. The van der Waals surface area contributed by atoms with Crippen molar-refractivity contribution in [3.8, 4) is 0 Å². The van der Waals surface area contributed by atoms with Gasteiger partial charge in [-0.3, -0.25) is 0 Å². The second kappa shape index (κ2) is 6.75. The van der Waals surface area contributed by atoms with Crippen LogP contribution in [0.15, 0.2) is 24.3 Å². The number of nitrogens with one attached hydrogen (secondary N) is 2. The number of hydrogen-bond acceptors (Lipinski definition) is 2. The van der Waals surface area contributed by atoms with Gasteiger partial charge in [-0.15, -0.1) is 0 Å². The largest absolute Gasteiger partial charge is 0.322 e. The van der Waals surface area contributed by atoms with E-state index in [0.717, 1.165) is 31.5 Å². The molecule has 1 fully saturated rings. The molecule has 0 aliphatic heterocycles. The van der Waals surface area contributed by atoms with Crippen molar-refractivity contribution in [2.24, 2.45) is 0 Å². The highest BCUT2D eigenvalue weighted by molar-refractivity contribution is 5.89. The molecule has 1 atom stereocenters. The number of carbonyl (C=O) groups excluding carboxylic acids is 1. The molecule has 4 heteroatoms. The molecule has 1 aromatic rings. The monoisotopic (exact) mass is 275 g/mol. The Balaban J connectivity index is 2.03. The van der Waals surface area contributed by atoms with Crippen molar-refractivity contribution in [1.82, 2.24) is 10.2 Å². The molecule has 1 saturated carbocycles.